The monoisotopic (exact) mass is 286 g/mol. The molecular weight excluding hydrogens is 268 g/mol. The van der Waals surface area contributed by atoms with Gasteiger partial charge in [0.2, 0.25) is 0 Å². The molecule has 0 radical (unpaired) electrons. The van der Waals surface area contributed by atoms with Crippen LogP contribution < -0.4 is 10.6 Å². The first-order chi connectivity index (χ1) is 10.2. The maximum Gasteiger partial charge on any atom is 0.253 e. The standard InChI is InChI=1S/C15H18N4O2/c1-9-13(10(2)21-19-9)8-18-15(20)14-7-17-6-11-5-16-4-3-12(11)14/h6-7,16H,3-5,8H2,1-2H3,(H,18,20). The number of hydrogen-bond donors (Lipinski definition) is 2. The maximum atomic E-state index is 12.4. The molecule has 1 aliphatic rings. The molecule has 1 amide bonds. The molecule has 110 valence electrons. The molecule has 0 saturated heterocycles. The van der Waals surface area contributed by atoms with Crippen molar-refractivity contribution in [3.05, 3.63) is 46.1 Å². The highest BCUT2D eigenvalue weighted by Gasteiger charge is 2.18. The van der Waals surface area contributed by atoms with Gasteiger partial charge in [0, 0.05) is 31.0 Å². The van der Waals surface area contributed by atoms with Crippen molar-refractivity contribution in [2.75, 3.05) is 6.54 Å². The zero-order valence-electron chi connectivity index (χ0n) is 12.2. The van der Waals surface area contributed by atoms with E-state index >= 15 is 0 Å². The predicted octanol–water partition coefficient (Wildman–Crippen LogP) is 1.26. The van der Waals surface area contributed by atoms with Crippen LogP contribution in [-0.4, -0.2) is 22.6 Å². The van der Waals surface area contributed by atoms with Crippen LogP contribution in [0.15, 0.2) is 16.9 Å². The minimum atomic E-state index is -0.0961. The second-order valence-electron chi connectivity index (χ2n) is 5.24. The summed E-state index contributed by atoms with van der Waals surface area (Å²) in [6, 6.07) is 0. The van der Waals surface area contributed by atoms with Crippen molar-refractivity contribution in [1.29, 1.82) is 0 Å². The quantitative estimate of drug-likeness (QED) is 0.888. The number of amides is 1. The number of carbonyl (C=O) groups is 1. The zero-order valence-corrected chi connectivity index (χ0v) is 12.2. The highest BCUT2D eigenvalue weighted by Crippen LogP contribution is 2.18. The highest BCUT2D eigenvalue weighted by molar-refractivity contribution is 5.95. The minimum absolute atomic E-state index is 0.0961. The van der Waals surface area contributed by atoms with Crippen LogP contribution in [0.3, 0.4) is 0 Å². The summed E-state index contributed by atoms with van der Waals surface area (Å²) in [6.07, 6.45) is 4.32. The lowest BCUT2D eigenvalue weighted by Gasteiger charge is -2.19. The minimum Gasteiger partial charge on any atom is -0.361 e. The smallest absolute Gasteiger partial charge is 0.253 e. The van der Waals surface area contributed by atoms with Crippen LogP contribution in [0.1, 0.15) is 38.5 Å². The Kier molecular flexibility index (Phi) is 3.70. The number of pyridine rings is 1. The van der Waals surface area contributed by atoms with Gasteiger partial charge in [-0.05, 0) is 37.9 Å². The summed E-state index contributed by atoms with van der Waals surface area (Å²) in [5, 5.41) is 10.1. The average Bonchev–Trinajstić information content (AvgIpc) is 2.83. The second-order valence-corrected chi connectivity index (χ2v) is 5.24. The largest absolute Gasteiger partial charge is 0.361 e. The zero-order chi connectivity index (χ0) is 14.8. The number of nitrogens with one attached hydrogen (secondary N) is 2. The molecule has 3 rings (SSSR count). The van der Waals surface area contributed by atoms with Crippen molar-refractivity contribution >= 4 is 5.91 Å². The molecule has 6 nitrogen and oxygen atoms in total. The Morgan fingerprint density at radius 2 is 2.29 bits per heavy atom. The molecule has 0 unspecified atom stereocenters. The number of rotatable bonds is 3. The lowest BCUT2D eigenvalue weighted by molar-refractivity contribution is 0.0949. The molecule has 1 aliphatic heterocycles. The van der Waals surface area contributed by atoms with Crippen LogP contribution in [0.5, 0.6) is 0 Å². The van der Waals surface area contributed by atoms with E-state index in [9.17, 15) is 4.79 Å². The van der Waals surface area contributed by atoms with E-state index < -0.39 is 0 Å². The first kappa shape index (κ1) is 13.8. The van der Waals surface area contributed by atoms with E-state index in [1.54, 1.807) is 6.20 Å². The topological polar surface area (TPSA) is 80.1 Å². The average molecular weight is 286 g/mol. The fourth-order valence-corrected chi connectivity index (χ4v) is 2.63. The SMILES string of the molecule is Cc1noc(C)c1CNC(=O)c1cncc2c1CCNC2. The van der Waals surface area contributed by atoms with E-state index in [1.807, 2.05) is 20.0 Å². The van der Waals surface area contributed by atoms with Gasteiger partial charge >= 0.3 is 0 Å². The second kappa shape index (κ2) is 5.65. The Hall–Kier alpha value is -2.21. The van der Waals surface area contributed by atoms with Crippen molar-refractivity contribution in [3.8, 4) is 0 Å². The Labute approximate surface area is 122 Å². The molecule has 0 atom stereocenters. The summed E-state index contributed by atoms with van der Waals surface area (Å²) in [7, 11) is 0. The van der Waals surface area contributed by atoms with Gasteiger partial charge < -0.3 is 15.2 Å². The van der Waals surface area contributed by atoms with Crippen LogP contribution >= 0.6 is 0 Å². The van der Waals surface area contributed by atoms with Crippen LogP contribution in [0.4, 0.5) is 0 Å². The molecule has 0 bridgehead atoms. The molecular formula is C15H18N4O2. The Morgan fingerprint density at radius 1 is 1.43 bits per heavy atom. The summed E-state index contributed by atoms with van der Waals surface area (Å²) in [6.45, 7) is 5.80. The third-order valence-corrected chi connectivity index (χ3v) is 3.87. The lowest BCUT2D eigenvalue weighted by Crippen LogP contribution is -2.29. The van der Waals surface area contributed by atoms with E-state index in [0.717, 1.165) is 47.7 Å². The maximum absolute atomic E-state index is 12.4. The molecule has 2 N–H and O–H groups in total. The van der Waals surface area contributed by atoms with E-state index in [4.69, 9.17) is 4.52 Å². The van der Waals surface area contributed by atoms with Gasteiger partial charge in [-0.3, -0.25) is 9.78 Å². The molecule has 2 aromatic heterocycles. The first-order valence-corrected chi connectivity index (χ1v) is 7.03. The normalized spacial score (nSPS) is 13.8. The number of carbonyl (C=O) groups excluding carboxylic acids is 1. The number of hydrogen-bond acceptors (Lipinski definition) is 5. The van der Waals surface area contributed by atoms with E-state index in [1.165, 1.54) is 0 Å². The van der Waals surface area contributed by atoms with E-state index in [0.29, 0.717) is 12.1 Å². The molecule has 0 fully saturated rings. The third-order valence-electron chi connectivity index (χ3n) is 3.87. The van der Waals surface area contributed by atoms with Gasteiger partial charge in [-0.15, -0.1) is 0 Å². The Balaban J connectivity index is 1.77. The van der Waals surface area contributed by atoms with Crippen molar-refractivity contribution in [3.63, 3.8) is 0 Å². The van der Waals surface area contributed by atoms with Gasteiger partial charge in [0.15, 0.2) is 0 Å². The van der Waals surface area contributed by atoms with Crippen molar-refractivity contribution in [2.45, 2.75) is 33.4 Å². The molecule has 0 aliphatic carbocycles. The van der Waals surface area contributed by atoms with Gasteiger partial charge in [0.25, 0.3) is 5.91 Å². The number of nitrogens with zero attached hydrogens (tertiary/aromatic N) is 2. The van der Waals surface area contributed by atoms with Crippen LogP contribution in [0, 0.1) is 13.8 Å². The number of fused-ring (bicyclic) bond motifs is 1. The summed E-state index contributed by atoms with van der Waals surface area (Å²) >= 11 is 0. The van der Waals surface area contributed by atoms with Gasteiger partial charge in [-0.2, -0.15) is 0 Å². The number of aromatic nitrogens is 2. The van der Waals surface area contributed by atoms with Gasteiger partial charge in [-0.1, -0.05) is 5.16 Å². The molecule has 0 saturated carbocycles. The lowest BCUT2D eigenvalue weighted by atomic mass is 9.98. The third kappa shape index (κ3) is 2.67. The molecule has 0 spiro atoms. The van der Waals surface area contributed by atoms with Crippen LogP contribution in [0.25, 0.3) is 0 Å². The Morgan fingerprint density at radius 3 is 3.05 bits per heavy atom. The first-order valence-electron chi connectivity index (χ1n) is 7.03. The summed E-state index contributed by atoms with van der Waals surface area (Å²) in [5.41, 5.74) is 4.61. The van der Waals surface area contributed by atoms with Crippen LogP contribution in [0.2, 0.25) is 0 Å². The molecule has 21 heavy (non-hydrogen) atoms. The van der Waals surface area contributed by atoms with Crippen molar-refractivity contribution in [2.24, 2.45) is 0 Å². The fraction of sp³-hybridized carbons (Fsp3) is 0.400. The molecule has 0 aromatic carbocycles. The van der Waals surface area contributed by atoms with E-state index in [2.05, 4.69) is 20.8 Å². The summed E-state index contributed by atoms with van der Waals surface area (Å²) < 4.78 is 5.10. The fourth-order valence-electron chi connectivity index (χ4n) is 2.63. The van der Waals surface area contributed by atoms with Gasteiger partial charge in [0.1, 0.15) is 5.76 Å². The Bertz CT molecular complexity index is 659. The van der Waals surface area contributed by atoms with Gasteiger partial charge in [-0.25, -0.2) is 0 Å². The van der Waals surface area contributed by atoms with Crippen LogP contribution in [-0.2, 0) is 19.5 Å². The summed E-state index contributed by atoms with van der Waals surface area (Å²) in [5.74, 6) is 0.645. The predicted molar refractivity (Wildman–Crippen MR) is 76.8 cm³/mol. The van der Waals surface area contributed by atoms with Crippen molar-refractivity contribution < 1.29 is 9.32 Å². The number of aryl methyl sites for hydroxylation is 2. The van der Waals surface area contributed by atoms with Gasteiger partial charge in [0.05, 0.1) is 11.3 Å². The molecule has 6 heteroatoms. The van der Waals surface area contributed by atoms with Crippen molar-refractivity contribution in [1.82, 2.24) is 20.8 Å². The molecule has 2 aromatic rings. The summed E-state index contributed by atoms with van der Waals surface area (Å²) in [4.78, 5) is 16.6. The molecule has 3 heterocycles. The van der Waals surface area contributed by atoms with E-state index in [-0.39, 0.29) is 5.91 Å². The highest BCUT2D eigenvalue weighted by atomic mass is 16.5.